The smallest absolute Gasteiger partial charge is 0.316 e. The van der Waals surface area contributed by atoms with Gasteiger partial charge in [0, 0.05) is 22.8 Å². The molecular weight excluding hydrogens is 388 g/mol. The fourth-order valence-electron chi connectivity index (χ4n) is 2.55. The normalized spacial score (nSPS) is 12.0. The van der Waals surface area contributed by atoms with Crippen LogP contribution in [-0.2, 0) is 19.1 Å². The fourth-order valence-corrected chi connectivity index (χ4v) is 3.27. The van der Waals surface area contributed by atoms with Crippen molar-refractivity contribution < 1.29 is 19.1 Å². The van der Waals surface area contributed by atoms with E-state index < -0.39 is 12.1 Å². The molecular formula is C19H27ClN2O4S. The second-order valence-electron chi connectivity index (χ2n) is 6.61. The van der Waals surface area contributed by atoms with Crippen LogP contribution in [0.3, 0.4) is 0 Å². The van der Waals surface area contributed by atoms with E-state index in [1.165, 1.54) is 0 Å². The fraction of sp³-hybridized carbons (Fsp3) is 0.526. The Labute approximate surface area is 170 Å². The number of hydrogen-bond donors (Lipinski definition) is 1. The lowest BCUT2D eigenvalue weighted by atomic mass is 10.2. The third-order valence-corrected chi connectivity index (χ3v) is 4.76. The number of carbonyl (C=O) groups excluding carboxylic acids is 3. The zero-order valence-electron chi connectivity index (χ0n) is 16.3. The van der Waals surface area contributed by atoms with Crippen molar-refractivity contribution in [1.29, 1.82) is 0 Å². The van der Waals surface area contributed by atoms with Crippen molar-refractivity contribution >= 4 is 46.8 Å². The Balaban J connectivity index is 2.38. The minimum Gasteiger partial charge on any atom is -0.452 e. The van der Waals surface area contributed by atoms with Crippen LogP contribution in [-0.4, -0.2) is 52.4 Å². The molecule has 1 atom stereocenters. The summed E-state index contributed by atoms with van der Waals surface area (Å²) in [5, 5.41) is 3.30. The molecule has 0 bridgehead atoms. The van der Waals surface area contributed by atoms with E-state index in [1.807, 2.05) is 27.7 Å². The van der Waals surface area contributed by atoms with Gasteiger partial charge in [-0.15, -0.1) is 11.8 Å². The van der Waals surface area contributed by atoms with Crippen LogP contribution in [0.4, 0.5) is 5.69 Å². The third kappa shape index (κ3) is 8.22. The Morgan fingerprint density at radius 1 is 1.04 bits per heavy atom. The highest BCUT2D eigenvalue weighted by atomic mass is 35.5. The first-order valence-corrected chi connectivity index (χ1v) is 10.3. The van der Waals surface area contributed by atoms with Crippen molar-refractivity contribution in [2.24, 2.45) is 0 Å². The highest BCUT2D eigenvalue weighted by Crippen LogP contribution is 2.14. The molecule has 0 saturated heterocycles. The van der Waals surface area contributed by atoms with Gasteiger partial charge in [0.25, 0.3) is 5.91 Å². The second-order valence-corrected chi connectivity index (χ2v) is 8.03. The maximum atomic E-state index is 12.4. The molecule has 1 aromatic carbocycles. The second kappa shape index (κ2) is 11.2. The summed E-state index contributed by atoms with van der Waals surface area (Å²) in [6.07, 6.45) is -0.856. The van der Waals surface area contributed by atoms with E-state index in [1.54, 1.807) is 36.1 Å². The molecule has 150 valence electrons. The Kier molecular flexibility index (Phi) is 9.66. The lowest BCUT2D eigenvalue weighted by Crippen LogP contribution is -2.47. The van der Waals surface area contributed by atoms with Crippen LogP contribution in [0.2, 0.25) is 5.02 Å². The topological polar surface area (TPSA) is 75.7 Å². The van der Waals surface area contributed by atoms with E-state index in [0.29, 0.717) is 10.7 Å². The molecule has 0 fully saturated rings. The molecule has 1 N–H and O–H groups in total. The highest BCUT2D eigenvalue weighted by Gasteiger charge is 2.27. The number of anilines is 1. The molecule has 0 aliphatic rings. The summed E-state index contributed by atoms with van der Waals surface area (Å²) in [4.78, 5) is 37.9. The Morgan fingerprint density at radius 3 is 2.11 bits per heavy atom. The SMILES string of the molecule is CC(C)N(C(=O)[C@H](C)OC(=O)CSCC(=O)Nc1ccc(Cl)cc1)C(C)C. The van der Waals surface area contributed by atoms with Gasteiger partial charge in [-0.25, -0.2) is 0 Å². The molecule has 8 heteroatoms. The number of amides is 2. The first-order chi connectivity index (χ1) is 12.6. The minimum absolute atomic E-state index is 0.00495. The molecule has 1 rings (SSSR count). The van der Waals surface area contributed by atoms with Gasteiger partial charge in [-0.3, -0.25) is 14.4 Å². The molecule has 0 aliphatic carbocycles. The predicted octanol–water partition coefficient (Wildman–Crippen LogP) is 3.59. The Bertz CT molecular complexity index is 642. The molecule has 6 nitrogen and oxygen atoms in total. The third-order valence-electron chi connectivity index (χ3n) is 3.60. The van der Waals surface area contributed by atoms with Gasteiger partial charge in [0.2, 0.25) is 5.91 Å². The Morgan fingerprint density at radius 2 is 1.59 bits per heavy atom. The van der Waals surface area contributed by atoms with Gasteiger partial charge in [0.15, 0.2) is 6.10 Å². The quantitative estimate of drug-likeness (QED) is 0.625. The van der Waals surface area contributed by atoms with E-state index in [-0.39, 0.29) is 35.4 Å². The minimum atomic E-state index is -0.856. The van der Waals surface area contributed by atoms with Crippen molar-refractivity contribution in [1.82, 2.24) is 4.90 Å². The van der Waals surface area contributed by atoms with Gasteiger partial charge in [-0.1, -0.05) is 11.6 Å². The van der Waals surface area contributed by atoms with Crippen molar-refractivity contribution in [2.75, 3.05) is 16.8 Å². The molecule has 0 saturated carbocycles. The first kappa shape index (κ1) is 23.3. The van der Waals surface area contributed by atoms with Crippen LogP contribution in [0.5, 0.6) is 0 Å². The van der Waals surface area contributed by atoms with E-state index in [4.69, 9.17) is 16.3 Å². The molecule has 0 aromatic heterocycles. The average Bonchev–Trinajstić information content (AvgIpc) is 2.56. The van der Waals surface area contributed by atoms with E-state index in [2.05, 4.69) is 5.32 Å². The van der Waals surface area contributed by atoms with Crippen LogP contribution in [0.15, 0.2) is 24.3 Å². The van der Waals surface area contributed by atoms with Crippen molar-refractivity contribution in [2.45, 2.75) is 52.8 Å². The van der Waals surface area contributed by atoms with Crippen LogP contribution in [0.1, 0.15) is 34.6 Å². The van der Waals surface area contributed by atoms with Gasteiger partial charge < -0.3 is 15.0 Å². The van der Waals surface area contributed by atoms with E-state index >= 15 is 0 Å². The lowest BCUT2D eigenvalue weighted by Gasteiger charge is -2.32. The molecule has 1 aromatic rings. The van der Waals surface area contributed by atoms with Gasteiger partial charge >= 0.3 is 5.97 Å². The molecule has 0 unspecified atom stereocenters. The van der Waals surface area contributed by atoms with E-state index in [0.717, 1.165) is 11.8 Å². The summed E-state index contributed by atoms with van der Waals surface area (Å²) in [5.74, 6) is -0.879. The monoisotopic (exact) mass is 414 g/mol. The zero-order chi connectivity index (χ0) is 20.6. The summed E-state index contributed by atoms with van der Waals surface area (Å²) >= 11 is 6.92. The van der Waals surface area contributed by atoms with Crippen LogP contribution >= 0.6 is 23.4 Å². The number of thioether (sulfide) groups is 1. The maximum absolute atomic E-state index is 12.4. The summed E-state index contributed by atoms with van der Waals surface area (Å²) in [7, 11) is 0. The van der Waals surface area contributed by atoms with Crippen LogP contribution < -0.4 is 5.32 Å². The molecule has 0 spiro atoms. The van der Waals surface area contributed by atoms with Crippen molar-refractivity contribution in [3.05, 3.63) is 29.3 Å². The first-order valence-electron chi connectivity index (χ1n) is 8.76. The number of carbonyl (C=O) groups is 3. The summed E-state index contributed by atoms with van der Waals surface area (Å²) < 4.78 is 5.21. The van der Waals surface area contributed by atoms with Crippen LogP contribution in [0, 0.1) is 0 Å². The van der Waals surface area contributed by atoms with Gasteiger partial charge in [-0.2, -0.15) is 0 Å². The molecule has 2 amide bonds. The highest BCUT2D eigenvalue weighted by molar-refractivity contribution is 8.00. The number of rotatable bonds is 9. The van der Waals surface area contributed by atoms with Gasteiger partial charge in [-0.05, 0) is 58.9 Å². The number of hydrogen-bond acceptors (Lipinski definition) is 5. The van der Waals surface area contributed by atoms with Crippen LogP contribution in [0.25, 0.3) is 0 Å². The maximum Gasteiger partial charge on any atom is 0.316 e. The summed E-state index contributed by atoms with van der Waals surface area (Å²) in [5.41, 5.74) is 0.634. The molecule has 0 aliphatic heterocycles. The van der Waals surface area contributed by atoms with Gasteiger partial charge in [0.1, 0.15) is 0 Å². The molecule has 27 heavy (non-hydrogen) atoms. The summed E-state index contributed by atoms with van der Waals surface area (Å²) in [6.45, 7) is 9.24. The number of nitrogens with zero attached hydrogens (tertiary/aromatic N) is 1. The number of benzene rings is 1. The van der Waals surface area contributed by atoms with E-state index in [9.17, 15) is 14.4 Å². The average molecular weight is 415 g/mol. The van der Waals surface area contributed by atoms with Gasteiger partial charge in [0.05, 0.1) is 11.5 Å². The lowest BCUT2D eigenvalue weighted by molar-refractivity contribution is -0.159. The Hall–Kier alpha value is -1.73. The van der Waals surface area contributed by atoms with Crippen molar-refractivity contribution in [3.8, 4) is 0 Å². The molecule has 0 radical (unpaired) electrons. The predicted molar refractivity (Wildman–Crippen MR) is 110 cm³/mol. The standard InChI is InChI=1S/C19H27ClN2O4S/c1-12(2)22(13(3)4)19(25)14(5)26-18(24)11-27-10-17(23)21-16-8-6-15(20)7-9-16/h6-9,12-14H,10-11H2,1-5H3,(H,21,23)/t14-/m0/s1. The number of esters is 1. The number of nitrogens with one attached hydrogen (secondary N) is 1. The number of ether oxygens (including phenoxy) is 1. The summed E-state index contributed by atoms with van der Waals surface area (Å²) in [6, 6.07) is 6.78. The van der Waals surface area contributed by atoms with Crippen molar-refractivity contribution in [3.63, 3.8) is 0 Å². The largest absolute Gasteiger partial charge is 0.452 e. The molecule has 0 heterocycles. The zero-order valence-corrected chi connectivity index (χ0v) is 17.9. The number of halogens is 1.